The van der Waals surface area contributed by atoms with Crippen molar-refractivity contribution >= 4 is 29.3 Å². The minimum absolute atomic E-state index is 0.00991. The van der Waals surface area contributed by atoms with Crippen LogP contribution in [0.1, 0.15) is 44.6 Å². The van der Waals surface area contributed by atoms with Crippen LogP contribution in [-0.4, -0.2) is 47.3 Å². The van der Waals surface area contributed by atoms with Gasteiger partial charge in [-0.3, -0.25) is 24.1 Å². The molecule has 39 heavy (non-hydrogen) atoms. The lowest BCUT2D eigenvalue weighted by atomic mass is 9.51. The van der Waals surface area contributed by atoms with Crippen LogP contribution in [-0.2, 0) is 19.2 Å². The number of amides is 4. The average molecular weight is 529 g/mol. The molecule has 0 spiro atoms. The Bertz CT molecular complexity index is 1420. The van der Waals surface area contributed by atoms with E-state index in [4.69, 9.17) is 4.74 Å². The summed E-state index contributed by atoms with van der Waals surface area (Å²) in [5.74, 6) is -3.37. The lowest BCUT2D eigenvalue weighted by molar-refractivity contribution is -0.140. The number of aromatic hydroxyl groups is 1. The third-order valence-electron chi connectivity index (χ3n) is 9.37. The monoisotopic (exact) mass is 528 g/mol. The second-order valence-electron chi connectivity index (χ2n) is 11.2. The predicted molar refractivity (Wildman–Crippen MR) is 143 cm³/mol. The Morgan fingerprint density at radius 2 is 1.74 bits per heavy atom. The quantitative estimate of drug-likeness (QED) is 0.464. The first-order valence-electron chi connectivity index (χ1n) is 13.6. The maximum atomic E-state index is 14.3. The molecule has 0 aromatic heterocycles. The lowest BCUT2D eigenvalue weighted by Gasteiger charge is -2.49. The fraction of sp³-hybridized carbons (Fsp3) is 0.419. The van der Waals surface area contributed by atoms with Gasteiger partial charge in [0.1, 0.15) is 11.5 Å². The van der Waals surface area contributed by atoms with E-state index in [1.807, 2.05) is 19.1 Å². The summed E-state index contributed by atoms with van der Waals surface area (Å²) < 4.78 is 5.46. The van der Waals surface area contributed by atoms with Gasteiger partial charge in [0.05, 0.1) is 36.0 Å². The summed E-state index contributed by atoms with van der Waals surface area (Å²) >= 11 is 0. The summed E-state index contributed by atoms with van der Waals surface area (Å²) in [5, 5.41) is 11.1. The normalized spacial score (nSPS) is 31.7. The Kier molecular flexibility index (Phi) is 5.90. The molecule has 2 heterocycles. The standard InChI is InChI=1S/C31H32N2O6/c1-4-14-32-27(35)20-12-11-19-21(25(20)29(32)37)16-23-28(36)33(17-8-6-5-7-9-17)30(38)31(23,2)26(19)22-15-18(39-3)10-13-24(22)34/h5-11,13,15,20-21,23,25-26,34H,4,12,14,16H2,1-3H3. The number of nitrogens with zero attached hydrogens (tertiary/aromatic N) is 2. The van der Waals surface area contributed by atoms with Crippen LogP contribution >= 0.6 is 0 Å². The topological polar surface area (TPSA) is 104 Å². The number of imide groups is 2. The van der Waals surface area contributed by atoms with Gasteiger partial charge in [-0.05, 0) is 62.4 Å². The van der Waals surface area contributed by atoms with E-state index in [1.165, 1.54) is 23.0 Å². The molecular formula is C31H32N2O6. The highest BCUT2D eigenvalue weighted by atomic mass is 16.5. The molecule has 6 unspecified atom stereocenters. The highest BCUT2D eigenvalue weighted by molar-refractivity contribution is 6.24. The van der Waals surface area contributed by atoms with Crippen LogP contribution in [0.3, 0.4) is 0 Å². The Labute approximate surface area is 227 Å². The van der Waals surface area contributed by atoms with Crippen molar-refractivity contribution in [2.75, 3.05) is 18.6 Å². The minimum Gasteiger partial charge on any atom is -0.508 e. The summed E-state index contributed by atoms with van der Waals surface area (Å²) in [4.78, 5) is 57.9. The van der Waals surface area contributed by atoms with Gasteiger partial charge in [0, 0.05) is 18.0 Å². The Balaban J connectivity index is 1.54. The molecule has 2 aromatic rings. The number of hydrogen-bond donors (Lipinski definition) is 1. The van der Waals surface area contributed by atoms with Gasteiger partial charge in [0.25, 0.3) is 0 Å². The van der Waals surface area contributed by atoms with Crippen LogP contribution in [0, 0.1) is 29.1 Å². The molecule has 8 nitrogen and oxygen atoms in total. The van der Waals surface area contributed by atoms with Crippen molar-refractivity contribution < 1.29 is 29.0 Å². The molecule has 0 radical (unpaired) electrons. The molecule has 8 heteroatoms. The van der Waals surface area contributed by atoms with Gasteiger partial charge in [0.2, 0.25) is 23.6 Å². The molecule has 202 valence electrons. The molecule has 2 saturated heterocycles. The number of phenolic OH excluding ortho intramolecular Hbond substituents is 1. The van der Waals surface area contributed by atoms with Crippen molar-refractivity contribution in [3.8, 4) is 11.5 Å². The third-order valence-corrected chi connectivity index (χ3v) is 9.37. The molecule has 3 fully saturated rings. The number of carbonyl (C=O) groups excluding carboxylic acids is 4. The molecule has 4 amide bonds. The Hall–Kier alpha value is -3.94. The van der Waals surface area contributed by atoms with Gasteiger partial charge >= 0.3 is 0 Å². The Morgan fingerprint density at radius 3 is 2.44 bits per heavy atom. The number of ether oxygens (including phenoxy) is 1. The van der Waals surface area contributed by atoms with Crippen molar-refractivity contribution in [1.82, 2.24) is 4.90 Å². The Morgan fingerprint density at radius 1 is 1.00 bits per heavy atom. The molecule has 2 aromatic carbocycles. The smallest absolute Gasteiger partial charge is 0.241 e. The number of fused-ring (bicyclic) bond motifs is 4. The van der Waals surface area contributed by atoms with Gasteiger partial charge < -0.3 is 9.84 Å². The SMILES string of the molecule is CCCN1C(=O)C2CC=C3C(CC4C(=O)N(c5ccccc5)C(=O)C4(C)C3c3cc(OC)ccc3O)C2C1=O. The van der Waals surface area contributed by atoms with Gasteiger partial charge in [-0.15, -0.1) is 0 Å². The lowest BCUT2D eigenvalue weighted by Crippen LogP contribution is -2.48. The van der Waals surface area contributed by atoms with Crippen molar-refractivity contribution in [2.45, 2.75) is 39.0 Å². The molecule has 2 aliphatic heterocycles. The van der Waals surface area contributed by atoms with E-state index >= 15 is 0 Å². The number of benzene rings is 2. The number of allylic oxidation sites excluding steroid dienone is 2. The summed E-state index contributed by atoms with van der Waals surface area (Å²) in [6.45, 7) is 4.10. The fourth-order valence-corrected chi connectivity index (χ4v) is 7.58. The first kappa shape index (κ1) is 25.3. The van der Waals surface area contributed by atoms with E-state index in [2.05, 4.69) is 0 Å². The van der Waals surface area contributed by atoms with Crippen LogP contribution in [0.5, 0.6) is 11.5 Å². The zero-order valence-corrected chi connectivity index (χ0v) is 22.3. The maximum Gasteiger partial charge on any atom is 0.241 e. The highest BCUT2D eigenvalue weighted by Gasteiger charge is 2.67. The van der Waals surface area contributed by atoms with Crippen LogP contribution in [0.15, 0.2) is 60.2 Å². The van der Waals surface area contributed by atoms with E-state index < -0.39 is 35.0 Å². The number of likely N-dealkylation sites (tertiary alicyclic amines) is 1. The number of methoxy groups -OCH3 is 1. The molecular weight excluding hydrogens is 496 g/mol. The van der Waals surface area contributed by atoms with Crippen molar-refractivity contribution in [3.05, 3.63) is 65.7 Å². The molecule has 4 aliphatic rings. The van der Waals surface area contributed by atoms with Crippen LogP contribution in [0.2, 0.25) is 0 Å². The number of phenols is 1. The van der Waals surface area contributed by atoms with E-state index in [0.29, 0.717) is 36.4 Å². The first-order chi connectivity index (χ1) is 18.7. The zero-order chi connectivity index (χ0) is 27.6. The van der Waals surface area contributed by atoms with Crippen LogP contribution in [0.4, 0.5) is 5.69 Å². The van der Waals surface area contributed by atoms with Gasteiger partial charge in [-0.2, -0.15) is 0 Å². The number of anilines is 1. The second-order valence-corrected chi connectivity index (χ2v) is 11.2. The van der Waals surface area contributed by atoms with Crippen LogP contribution < -0.4 is 9.64 Å². The molecule has 1 saturated carbocycles. The van der Waals surface area contributed by atoms with E-state index in [9.17, 15) is 24.3 Å². The van der Waals surface area contributed by atoms with E-state index in [0.717, 1.165) is 5.57 Å². The maximum absolute atomic E-state index is 14.3. The summed E-state index contributed by atoms with van der Waals surface area (Å²) in [6, 6.07) is 13.7. The molecule has 2 aliphatic carbocycles. The number of rotatable bonds is 5. The van der Waals surface area contributed by atoms with Crippen molar-refractivity contribution in [1.29, 1.82) is 0 Å². The third kappa shape index (κ3) is 3.43. The van der Waals surface area contributed by atoms with Gasteiger partial charge in [0.15, 0.2) is 0 Å². The van der Waals surface area contributed by atoms with Crippen molar-refractivity contribution in [2.24, 2.45) is 29.1 Å². The van der Waals surface area contributed by atoms with E-state index in [1.54, 1.807) is 43.3 Å². The summed E-state index contributed by atoms with van der Waals surface area (Å²) in [5.41, 5.74) is 0.608. The minimum atomic E-state index is -1.21. The predicted octanol–water partition coefficient (Wildman–Crippen LogP) is 4.04. The van der Waals surface area contributed by atoms with Crippen LogP contribution in [0.25, 0.3) is 0 Å². The van der Waals surface area contributed by atoms with Crippen molar-refractivity contribution in [3.63, 3.8) is 0 Å². The first-order valence-corrected chi connectivity index (χ1v) is 13.6. The number of hydrogen-bond acceptors (Lipinski definition) is 6. The largest absolute Gasteiger partial charge is 0.508 e. The van der Waals surface area contributed by atoms with Gasteiger partial charge in [-0.1, -0.05) is 36.8 Å². The molecule has 6 rings (SSSR count). The summed E-state index contributed by atoms with van der Waals surface area (Å²) in [6.07, 6.45) is 3.33. The van der Waals surface area contributed by atoms with Gasteiger partial charge in [-0.25, -0.2) is 4.90 Å². The second kappa shape index (κ2) is 9.07. The zero-order valence-electron chi connectivity index (χ0n) is 22.3. The molecule has 0 bridgehead atoms. The average Bonchev–Trinajstić information content (AvgIpc) is 3.30. The summed E-state index contributed by atoms with van der Waals surface area (Å²) in [7, 11) is 1.53. The highest BCUT2D eigenvalue weighted by Crippen LogP contribution is 2.64. The fourth-order valence-electron chi connectivity index (χ4n) is 7.58. The van der Waals surface area contributed by atoms with E-state index in [-0.39, 0.29) is 35.8 Å². The number of carbonyl (C=O) groups is 4. The number of para-hydroxylation sites is 1. The molecule has 6 atom stereocenters. The molecule has 1 N–H and O–H groups in total.